The van der Waals surface area contributed by atoms with Crippen molar-refractivity contribution in [2.45, 2.75) is 13.0 Å². The van der Waals surface area contributed by atoms with Gasteiger partial charge in [-0.15, -0.1) is 0 Å². The molecule has 1 atom stereocenters. The summed E-state index contributed by atoms with van der Waals surface area (Å²) in [6, 6.07) is 10.3. The minimum absolute atomic E-state index is 0.356. The van der Waals surface area contributed by atoms with Crippen LogP contribution in [0, 0.1) is 12.7 Å². The smallest absolute Gasteiger partial charge is 0.244 e. The fourth-order valence-corrected chi connectivity index (χ4v) is 1.92. The summed E-state index contributed by atoms with van der Waals surface area (Å²) in [4.78, 5) is 11.6. The van der Waals surface area contributed by atoms with Gasteiger partial charge in [-0.1, -0.05) is 18.2 Å². The van der Waals surface area contributed by atoms with Gasteiger partial charge in [-0.05, 0) is 42.3 Å². The maximum atomic E-state index is 13.4. The Hall–Kier alpha value is -2.56. The molecule has 0 bridgehead atoms. The van der Waals surface area contributed by atoms with Gasteiger partial charge in [0.15, 0.2) is 11.6 Å². The summed E-state index contributed by atoms with van der Waals surface area (Å²) in [5, 5.41) is 12.1. The van der Waals surface area contributed by atoms with Gasteiger partial charge in [0.2, 0.25) is 5.91 Å². The SMILES string of the molecule is Cc1cccc(NC(C(N)=O)c2ccc(O)c(F)c2)c1. The van der Waals surface area contributed by atoms with Gasteiger partial charge in [0, 0.05) is 5.69 Å². The van der Waals surface area contributed by atoms with E-state index in [1.165, 1.54) is 12.1 Å². The standard InChI is InChI=1S/C15H15FN2O2/c1-9-3-2-4-11(7-9)18-14(15(17)20)10-5-6-13(19)12(16)8-10/h2-8,14,18-19H,1H3,(H2,17,20). The van der Waals surface area contributed by atoms with Crippen LogP contribution in [0.1, 0.15) is 17.2 Å². The van der Waals surface area contributed by atoms with E-state index in [9.17, 15) is 14.3 Å². The summed E-state index contributed by atoms with van der Waals surface area (Å²) < 4.78 is 13.4. The predicted octanol–water partition coefficient (Wildman–Crippen LogP) is 2.48. The first-order valence-electron chi connectivity index (χ1n) is 6.08. The highest BCUT2D eigenvalue weighted by Crippen LogP contribution is 2.24. The third kappa shape index (κ3) is 3.06. The number of phenols is 1. The fraction of sp³-hybridized carbons (Fsp3) is 0.133. The van der Waals surface area contributed by atoms with Crippen LogP contribution in [0.4, 0.5) is 10.1 Å². The summed E-state index contributed by atoms with van der Waals surface area (Å²) in [5.41, 5.74) is 7.45. The van der Waals surface area contributed by atoms with E-state index in [1.54, 1.807) is 6.07 Å². The van der Waals surface area contributed by atoms with Crippen LogP contribution >= 0.6 is 0 Å². The number of benzene rings is 2. The van der Waals surface area contributed by atoms with Gasteiger partial charge in [-0.3, -0.25) is 4.79 Å². The molecule has 4 N–H and O–H groups in total. The van der Waals surface area contributed by atoms with Crippen molar-refractivity contribution in [3.05, 3.63) is 59.4 Å². The van der Waals surface area contributed by atoms with Crippen molar-refractivity contribution in [1.82, 2.24) is 0 Å². The number of carbonyl (C=O) groups excluding carboxylic acids is 1. The van der Waals surface area contributed by atoms with Gasteiger partial charge in [0.25, 0.3) is 0 Å². The van der Waals surface area contributed by atoms with Gasteiger partial charge in [-0.25, -0.2) is 4.39 Å². The number of nitrogens with one attached hydrogen (secondary N) is 1. The van der Waals surface area contributed by atoms with Crippen molar-refractivity contribution in [2.75, 3.05) is 5.32 Å². The number of primary amides is 1. The molecule has 0 saturated carbocycles. The Balaban J connectivity index is 2.32. The third-order valence-electron chi connectivity index (χ3n) is 2.92. The number of aryl methyl sites for hydroxylation is 1. The Bertz CT molecular complexity index is 644. The zero-order valence-electron chi connectivity index (χ0n) is 10.9. The zero-order valence-corrected chi connectivity index (χ0v) is 10.9. The Morgan fingerprint density at radius 1 is 1.30 bits per heavy atom. The van der Waals surface area contributed by atoms with Crippen LogP contribution in [-0.2, 0) is 4.79 Å². The Kier molecular flexibility index (Phi) is 3.89. The van der Waals surface area contributed by atoms with Gasteiger partial charge in [-0.2, -0.15) is 0 Å². The second-order valence-corrected chi connectivity index (χ2v) is 4.56. The molecule has 20 heavy (non-hydrogen) atoms. The molecule has 0 aliphatic rings. The molecule has 1 unspecified atom stereocenters. The van der Waals surface area contributed by atoms with E-state index in [2.05, 4.69) is 5.32 Å². The van der Waals surface area contributed by atoms with Crippen LogP contribution in [0.3, 0.4) is 0 Å². The van der Waals surface area contributed by atoms with Crippen LogP contribution in [-0.4, -0.2) is 11.0 Å². The van der Waals surface area contributed by atoms with Crippen LogP contribution in [0.15, 0.2) is 42.5 Å². The molecule has 2 aromatic carbocycles. The lowest BCUT2D eigenvalue weighted by Crippen LogP contribution is -2.27. The summed E-state index contributed by atoms with van der Waals surface area (Å²) in [6.07, 6.45) is 0. The number of anilines is 1. The van der Waals surface area contributed by atoms with Crippen LogP contribution in [0.25, 0.3) is 0 Å². The highest BCUT2D eigenvalue weighted by molar-refractivity contribution is 5.84. The number of amides is 1. The average molecular weight is 274 g/mol. The molecule has 0 aliphatic carbocycles. The van der Waals surface area contributed by atoms with Crippen molar-refractivity contribution in [2.24, 2.45) is 5.73 Å². The summed E-state index contributed by atoms with van der Waals surface area (Å²) in [7, 11) is 0. The first-order chi connectivity index (χ1) is 9.47. The number of hydrogen-bond donors (Lipinski definition) is 3. The molecule has 1 amide bonds. The molecule has 0 spiro atoms. The van der Waals surface area contributed by atoms with Crippen molar-refractivity contribution >= 4 is 11.6 Å². The lowest BCUT2D eigenvalue weighted by molar-refractivity contribution is -0.118. The first-order valence-corrected chi connectivity index (χ1v) is 6.08. The van der Waals surface area contributed by atoms with Crippen molar-refractivity contribution in [3.8, 4) is 5.75 Å². The highest BCUT2D eigenvalue weighted by Gasteiger charge is 2.19. The normalized spacial score (nSPS) is 11.9. The summed E-state index contributed by atoms with van der Waals surface area (Å²) in [5.74, 6) is -1.89. The van der Waals surface area contributed by atoms with E-state index in [4.69, 9.17) is 5.73 Å². The van der Waals surface area contributed by atoms with Gasteiger partial charge < -0.3 is 16.2 Å². The molecule has 0 aromatic heterocycles. The van der Waals surface area contributed by atoms with Crippen LogP contribution < -0.4 is 11.1 Å². The number of rotatable bonds is 4. The minimum Gasteiger partial charge on any atom is -0.505 e. The molecular weight excluding hydrogens is 259 g/mol. The molecule has 0 aliphatic heterocycles. The van der Waals surface area contributed by atoms with E-state index in [1.807, 2.05) is 25.1 Å². The van der Waals surface area contributed by atoms with Crippen LogP contribution in [0.5, 0.6) is 5.75 Å². The topological polar surface area (TPSA) is 75.3 Å². The van der Waals surface area contributed by atoms with E-state index in [0.29, 0.717) is 11.3 Å². The molecule has 0 saturated heterocycles. The lowest BCUT2D eigenvalue weighted by Gasteiger charge is -2.17. The van der Waals surface area contributed by atoms with E-state index < -0.39 is 23.5 Å². The molecule has 0 heterocycles. The predicted molar refractivity (Wildman–Crippen MR) is 74.8 cm³/mol. The van der Waals surface area contributed by atoms with Crippen molar-refractivity contribution < 1.29 is 14.3 Å². The summed E-state index contributed by atoms with van der Waals surface area (Å²) >= 11 is 0. The molecule has 0 fully saturated rings. The zero-order chi connectivity index (χ0) is 14.7. The quantitative estimate of drug-likeness (QED) is 0.801. The molecule has 2 rings (SSSR count). The third-order valence-corrected chi connectivity index (χ3v) is 2.92. The first kappa shape index (κ1) is 13.9. The number of phenolic OH excluding ortho intramolecular Hbond substituents is 1. The van der Waals surface area contributed by atoms with Crippen LogP contribution in [0.2, 0.25) is 0 Å². The minimum atomic E-state index is -0.869. The highest BCUT2D eigenvalue weighted by atomic mass is 19.1. The number of nitrogens with two attached hydrogens (primary N) is 1. The second-order valence-electron chi connectivity index (χ2n) is 4.56. The van der Waals surface area contributed by atoms with Gasteiger partial charge >= 0.3 is 0 Å². The Morgan fingerprint density at radius 3 is 2.65 bits per heavy atom. The van der Waals surface area contributed by atoms with Gasteiger partial charge in [0.05, 0.1) is 0 Å². The largest absolute Gasteiger partial charge is 0.505 e. The van der Waals surface area contributed by atoms with Crippen molar-refractivity contribution in [3.63, 3.8) is 0 Å². The maximum absolute atomic E-state index is 13.4. The molecule has 0 radical (unpaired) electrons. The average Bonchev–Trinajstić information content (AvgIpc) is 2.39. The molecule has 5 heteroatoms. The molecule has 104 valence electrons. The van der Waals surface area contributed by atoms with E-state index >= 15 is 0 Å². The fourth-order valence-electron chi connectivity index (χ4n) is 1.92. The number of carbonyl (C=O) groups is 1. The van der Waals surface area contributed by atoms with Gasteiger partial charge in [0.1, 0.15) is 6.04 Å². The van der Waals surface area contributed by atoms with Crippen molar-refractivity contribution in [1.29, 1.82) is 0 Å². The Labute approximate surface area is 116 Å². The van der Waals surface area contributed by atoms with E-state index in [0.717, 1.165) is 11.6 Å². The number of aromatic hydroxyl groups is 1. The molecule has 4 nitrogen and oxygen atoms in total. The van der Waals surface area contributed by atoms with E-state index in [-0.39, 0.29) is 0 Å². The maximum Gasteiger partial charge on any atom is 0.244 e. The lowest BCUT2D eigenvalue weighted by atomic mass is 10.1. The molecule has 2 aromatic rings. The Morgan fingerprint density at radius 2 is 2.05 bits per heavy atom. The number of hydrogen-bond acceptors (Lipinski definition) is 3. The second kappa shape index (κ2) is 5.61. The molecular formula is C15H15FN2O2. The summed E-state index contributed by atoms with van der Waals surface area (Å²) in [6.45, 7) is 1.92. The monoisotopic (exact) mass is 274 g/mol. The number of halogens is 1.